The molecule has 0 amide bonds. The predicted molar refractivity (Wildman–Crippen MR) is 101 cm³/mol. The van der Waals surface area contributed by atoms with Crippen molar-refractivity contribution in [1.82, 2.24) is 9.88 Å². The molecular weight excluding hydrogens is 328 g/mol. The molecule has 0 saturated carbocycles. The highest BCUT2D eigenvalue weighted by Gasteiger charge is 2.19. The smallest absolute Gasteiger partial charge is 0.146 e. The molecule has 2 heterocycles. The summed E-state index contributed by atoms with van der Waals surface area (Å²) in [5.41, 5.74) is 0.639. The molecule has 0 N–H and O–H groups in total. The number of hydrogen-bond donors (Lipinski definition) is 0. The molecule has 136 valence electrons. The Balaban J connectivity index is 1.42. The third kappa shape index (κ3) is 4.64. The normalized spacial score (nSPS) is 14.7. The van der Waals surface area contributed by atoms with Gasteiger partial charge in [-0.15, -0.1) is 0 Å². The summed E-state index contributed by atoms with van der Waals surface area (Å²) in [6.45, 7) is 7.79. The minimum Gasteiger partial charge on any atom is -0.494 e. The fourth-order valence-electron chi connectivity index (χ4n) is 3.01. The molecule has 1 aliphatic heterocycles. The third-order valence-electron chi connectivity index (χ3n) is 4.39. The first-order valence-electron chi connectivity index (χ1n) is 8.98. The van der Waals surface area contributed by atoms with Gasteiger partial charge in [-0.05, 0) is 43.3 Å². The van der Waals surface area contributed by atoms with E-state index in [0.29, 0.717) is 18.8 Å². The van der Waals surface area contributed by atoms with Crippen molar-refractivity contribution >= 4 is 5.82 Å². The van der Waals surface area contributed by atoms with E-state index < -0.39 is 0 Å². The monoisotopic (exact) mass is 352 g/mol. The van der Waals surface area contributed by atoms with E-state index in [1.165, 1.54) is 0 Å². The molecule has 26 heavy (non-hydrogen) atoms. The molecular formula is C20H24N4O2. The second-order valence-electron chi connectivity index (χ2n) is 6.07. The van der Waals surface area contributed by atoms with Crippen molar-refractivity contribution in [2.75, 3.05) is 50.8 Å². The maximum Gasteiger partial charge on any atom is 0.146 e. The topological polar surface area (TPSA) is 61.6 Å². The van der Waals surface area contributed by atoms with Gasteiger partial charge < -0.3 is 14.4 Å². The predicted octanol–water partition coefficient (Wildman–Crippen LogP) is 2.55. The number of piperazine rings is 1. The van der Waals surface area contributed by atoms with Crippen molar-refractivity contribution in [2.45, 2.75) is 6.92 Å². The van der Waals surface area contributed by atoms with E-state index in [0.717, 1.165) is 50.0 Å². The van der Waals surface area contributed by atoms with Gasteiger partial charge in [-0.1, -0.05) is 0 Å². The fraction of sp³-hybridized carbons (Fsp3) is 0.400. The van der Waals surface area contributed by atoms with E-state index in [-0.39, 0.29) is 0 Å². The molecule has 1 aromatic carbocycles. The summed E-state index contributed by atoms with van der Waals surface area (Å²) < 4.78 is 11.3. The number of aromatic nitrogens is 1. The van der Waals surface area contributed by atoms with Crippen molar-refractivity contribution in [3.05, 3.63) is 48.2 Å². The second-order valence-corrected chi connectivity index (χ2v) is 6.07. The van der Waals surface area contributed by atoms with Gasteiger partial charge in [0.15, 0.2) is 0 Å². The molecule has 6 nitrogen and oxygen atoms in total. The SMILES string of the molecule is CCOc1ccc(OCCN2CCN(c3ncccc3C#N)CC2)cc1. The Morgan fingerprint density at radius 3 is 2.38 bits per heavy atom. The number of benzene rings is 1. The summed E-state index contributed by atoms with van der Waals surface area (Å²) in [5.74, 6) is 2.52. The first-order valence-corrected chi connectivity index (χ1v) is 8.98. The number of hydrogen-bond acceptors (Lipinski definition) is 6. The Bertz CT molecular complexity index is 734. The van der Waals surface area contributed by atoms with Gasteiger partial charge in [0.05, 0.1) is 12.2 Å². The van der Waals surface area contributed by atoms with Crippen molar-refractivity contribution in [2.24, 2.45) is 0 Å². The quantitative estimate of drug-likeness (QED) is 0.763. The summed E-state index contributed by atoms with van der Waals surface area (Å²) in [6.07, 6.45) is 1.74. The van der Waals surface area contributed by atoms with E-state index in [1.54, 1.807) is 12.3 Å². The third-order valence-corrected chi connectivity index (χ3v) is 4.39. The molecule has 0 aliphatic carbocycles. The van der Waals surface area contributed by atoms with Crippen LogP contribution in [0.15, 0.2) is 42.6 Å². The molecule has 0 spiro atoms. The van der Waals surface area contributed by atoms with Gasteiger partial charge in [0.25, 0.3) is 0 Å². The Morgan fingerprint density at radius 2 is 1.73 bits per heavy atom. The van der Waals surface area contributed by atoms with Crippen LogP contribution in [0.4, 0.5) is 5.82 Å². The van der Waals surface area contributed by atoms with Crippen LogP contribution >= 0.6 is 0 Å². The maximum absolute atomic E-state index is 9.22. The van der Waals surface area contributed by atoms with Gasteiger partial charge in [0.1, 0.15) is 30.0 Å². The van der Waals surface area contributed by atoms with E-state index in [2.05, 4.69) is 20.9 Å². The summed E-state index contributed by atoms with van der Waals surface area (Å²) in [7, 11) is 0. The van der Waals surface area contributed by atoms with Crippen LogP contribution in [0.2, 0.25) is 0 Å². The van der Waals surface area contributed by atoms with Crippen LogP contribution in [0.25, 0.3) is 0 Å². The Morgan fingerprint density at radius 1 is 1.04 bits per heavy atom. The first kappa shape index (κ1) is 18.0. The summed E-state index contributed by atoms with van der Waals surface area (Å²) >= 11 is 0. The van der Waals surface area contributed by atoms with Crippen LogP contribution < -0.4 is 14.4 Å². The highest BCUT2D eigenvalue weighted by molar-refractivity contribution is 5.53. The van der Waals surface area contributed by atoms with Crippen LogP contribution in [0, 0.1) is 11.3 Å². The number of ether oxygens (including phenoxy) is 2. The van der Waals surface area contributed by atoms with Crippen LogP contribution in [0.1, 0.15) is 12.5 Å². The molecule has 1 aliphatic rings. The fourth-order valence-corrected chi connectivity index (χ4v) is 3.01. The van der Waals surface area contributed by atoms with Crippen LogP contribution in [-0.2, 0) is 0 Å². The van der Waals surface area contributed by atoms with Gasteiger partial charge in [0.2, 0.25) is 0 Å². The first-order chi connectivity index (χ1) is 12.8. The lowest BCUT2D eigenvalue weighted by atomic mass is 10.2. The van der Waals surface area contributed by atoms with Gasteiger partial charge in [-0.2, -0.15) is 5.26 Å². The van der Waals surface area contributed by atoms with Gasteiger partial charge in [-0.3, -0.25) is 4.90 Å². The lowest BCUT2D eigenvalue weighted by Crippen LogP contribution is -2.48. The van der Waals surface area contributed by atoms with E-state index in [1.807, 2.05) is 37.3 Å². The average Bonchev–Trinajstić information content (AvgIpc) is 2.70. The molecule has 0 bridgehead atoms. The van der Waals surface area contributed by atoms with Crippen molar-refractivity contribution in [1.29, 1.82) is 5.26 Å². The van der Waals surface area contributed by atoms with E-state index in [9.17, 15) is 5.26 Å². The molecule has 1 fully saturated rings. The second kappa shape index (κ2) is 9.07. The zero-order valence-electron chi connectivity index (χ0n) is 15.1. The molecule has 0 atom stereocenters. The highest BCUT2D eigenvalue weighted by atomic mass is 16.5. The molecule has 2 aromatic rings. The van der Waals surface area contributed by atoms with Crippen LogP contribution in [0.3, 0.4) is 0 Å². The van der Waals surface area contributed by atoms with Gasteiger partial charge >= 0.3 is 0 Å². The molecule has 1 saturated heterocycles. The molecule has 6 heteroatoms. The van der Waals surface area contributed by atoms with Crippen LogP contribution in [-0.4, -0.2) is 55.8 Å². The standard InChI is InChI=1S/C20H24N4O2/c1-2-25-18-5-7-19(8-6-18)26-15-14-23-10-12-24(13-11-23)20-17(16-21)4-3-9-22-20/h3-9H,2,10-15H2,1H3. The molecule has 0 radical (unpaired) electrons. The number of pyridine rings is 1. The minimum atomic E-state index is 0.639. The van der Waals surface area contributed by atoms with Crippen molar-refractivity contribution in [3.8, 4) is 17.6 Å². The number of rotatable bonds is 7. The lowest BCUT2D eigenvalue weighted by Gasteiger charge is -2.35. The summed E-state index contributed by atoms with van der Waals surface area (Å²) in [6, 6.07) is 13.6. The molecule has 3 rings (SSSR count). The minimum absolute atomic E-state index is 0.639. The average molecular weight is 352 g/mol. The number of nitriles is 1. The van der Waals surface area contributed by atoms with Crippen molar-refractivity contribution < 1.29 is 9.47 Å². The maximum atomic E-state index is 9.22. The largest absolute Gasteiger partial charge is 0.494 e. The zero-order valence-corrected chi connectivity index (χ0v) is 15.1. The highest BCUT2D eigenvalue weighted by Crippen LogP contribution is 2.19. The van der Waals surface area contributed by atoms with E-state index in [4.69, 9.17) is 9.47 Å². The Hall–Kier alpha value is -2.78. The number of nitrogens with zero attached hydrogens (tertiary/aromatic N) is 4. The molecule has 0 unspecified atom stereocenters. The Kier molecular flexibility index (Phi) is 6.29. The summed E-state index contributed by atoms with van der Waals surface area (Å²) in [4.78, 5) is 8.93. The van der Waals surface area contributed by atoms with Gasteiger partial charge in [-0.25, -0.2) is 4.98 Å². The lowest BCUT2D eigenvalue weighted by molar-refractivity contribution is 0.200. The molecule has 1 aromatic heterocycles. The zero-order chi connectivity index (χ0) is 18.2. The van der Waals surface area contributed by atoms with Gasteiger partial charge in [0, 0.05) is 38.9 Å². The Labute approximate surface area is 154 Å². The van der Waals surface area contributed by atoms with Crippen molar-refractivity contribution in [3.63, 3.8) is 0 Å². The van der Waals surface area contributed by atoms with Crippen LogP contribution in [0.5, 0.6) is 11.5 Å². The summed E-state index contributed by atoms with van der Waals surface area (Å²) in [5, 5.41) is 9.22. The number of anilines is 1. The van der Waals surface area contributed by atoms with E-state index >= 15 is 0 Å².